The first-order chi connectivity index (χ1) is 13.7. The summed E-state index contributed by atoms with van der Waals surface area (Å²) in [6.45, 7) is 0. The van der Waals surface area contributed by atoms with Crippen LogP contribution in [0.25, 0.3) is 16.9 Å². The lowest BCUT2D eigenvalue weighted by molar-refractivity contribution is 0.416. The number of aromatic hydroxyl groups is 1. The first-order valence-electron chi connectivity index (χ1n) is 8.72. The molecule has 0 atom stereocenters. The lowest BCUT2D eigenvalue weighted by Crippen LogP contribution is -2.05. The van der Waals surface area contributed by atoms with E-state index in [4.69, 9.17) is 16.3 Å². The maximum absolute atomic E-state index is 9.68. The highest BCUT2D eigenvalue weighted by molar-refractivity contribution is 6.30. The van der Waals surface area contributed by atoms with Crippen molar-refractivity contribution in [1.82, 2.24) is 25.2 Å². The fourth-order valence-corrected chi connectivity index (χ4v) is 3.36. The molecule has 0 aliphatic carbocycles. The van der Waals surface area contributed by atoms with E-state index in [-0.39, 0.29) is 5.75 Å². The van der Waals surface area contributed by atoms with Crippen LogP contribution in [0.15, 0.2) is 54.6 Å². The molecule has 0 unspecified atom stereocenters. The molecule has 0 radical (unpaired) electrons. The number of phenolic OH excluding ortho intramolecular Hbond substituents is 1. The molecule has 0 spiro atoms. The van der Waals surface area contributed by atoms with Crippen LogP contribution < -0.4 is 4.74 Å². The van der Waals surface area contributed by atoms with Gasteiger partial charge in [-0.05, 0) is 71.4 Å². The van der Waals surface area contributed by atoms with Crippen molar-refractivity contribution in [3.8, 4) is 28.4 Å². The summed E-state index contributed by atoms with van der Waals surface area (Å²) in [5, 5.41) is 24.3. The number of nitrogens with zero attached hydrogens (tertiary/aromatic N) is 4. The van der Waals surface area contributed by atoms with Gasteiger partial charge >= 0.3 is 0 Å². The smallest absolute Gasteiger partial charge is 0.148 e. The van der Waals surface area contributed by atoms with Crippen molar-refractivity contribution in [3.63, 3.8) is 0 Å². The van der Waals surface area contributed by atoms with Crippen molar-refractivity contribution in [2.75, 3.05) is 7.11 Å². The van der Waals surface area contributed by atoms with Crippen LogP contribution in [0.4, 0.5) is 0 Å². The van der Waals surface area contributed by atoms with Gasteiger partial charge in [0.05, 0.1) is 12.8 Å². The van der Waals surface area contributed by atoms with E-state index in [9.17, 15) is 5.11 Å². The molecule has 2 aromatic heterocycles. The van der Waals surface area contributed by atoms with Crippen molar-refractivity contribution < 1.29 is 9.84 Å². The van der Waals surface area contributed by atoms with E-state index >= 15 is 0 Å². The Labute approximate surface area is 166 Å². The Balaban J connectivity index is 1.81. The minimum Gasteiger partial charge on any atom is -0.508 e. The highest BCUT2D eigenvalue weighted by atomic mass is 35.5. The molecule has 2 heterocycles. The van der Waals surface area contributed by atoms with E-state index in [0.717, 1.165) is 34.9 Å². The number of aromatic amines is 1. The lowest BCUT2D eigenvalue weighted by atomic mass is 10.1. The molecule has 0 aliphatic heterocycles. The minimum absolute atomic E-state index is 0.218. The van der Waals surface area contributed by atoms with Crippen LogP contribution in [0.3, 0.4) is 0 Å². The van der Waals surface area contributed by atoms with Crippen LogP contribution in [0.2, 0.25) is 5.02 Å². The highest BCUT2D eigenvalue weighted by Crippen LogP contribution is 2.35. The summed E-state index contributed by atoms with van der Waals surface area (Å²) < 4.78 is 7.68. The van der Waals surface area contributed by atoms with Crippen LogP contribution in [0, 0.1) is 0 Å². The summed E-state index contributed by atoms with van der Waals surface area (Å²) in [6, 6.07) is 16.8. The number of rotatable bonds is 6. The van der Waals surface area contributed by atoms with Gasteiger partial charge in [0.15, 0.2) is 0 Å². The summed E-state index contributed by atoms with van der Waals surface area (Å²) in [7, 11) is 1.63. The van der Waals surface area contributed by atoms with E-state index in [1.165, 1.54) is 0 Å². The molecule has 0 fully saturated rings. The summed E-state index contributed by atoms with van der Waals surface area (Å²) in [5.41, 5.74) is 3.90. The third-order valence-corrected chi connectivity index (χ3v) is 4.75. The van der Waals surface area contributed by atoms with Crippen molar-refractivity contribution in [2.24, 2.45) is 0 Å². The second-order valence-electron chi connectivity index (χ2n) is 6.25. The van der Waals surface area contributed by atoms with Crippen molar-refractivity contribution in [2.45, 2.75) is 12.8 Å². The predicted octanol–water partition coefficient (Wildman–Crippen LogP) is 3.81. The van der Waals surface area contributed by atoms with Gasteiger partial charge < -0.3 is 14.4 Å². The number of aromatic nitrogens is 5. The van der Waals surface area contributed by atoms with Gasteiger partial charge in [-0.25, -0.2) is 5.10 Å². The molecule has 0 saturated heterocycles. The van der Waals surface area contributed by atoms with Crippen LogP contribution >= 0.6 is 11.6 Å². The number of H-pyrrole nitrogens is 1. The van der Waals surface area contributed by atoms with Crippen molar-refractivity contribution >= 4 is 11.6 Å². The number of ether oxygens (including phenoxy) is 1. The third kappa shape index (κ3) is 3.57. The van der Waals surface area contributed by atoms with Crippen LogP contribution in [0.1, 0.15) is 11.5 Å². The number of nitrogens with one attached hydrogen (secondary N) is 1. The topological polar surface area (TPSA) is 88.9 Å². The largest absolute Gasteiger partial charge is 0.508 e. The third-order valence-electron chi connectivity index (χ3n) is 4.52. The molecule has 4 rings (SSSR count). The number of hydrogen-bond acceptors (Lipinski definition) is 5. The molecule has 7 nitrogen and oxygen atoms in total. The average Bonchev–Trinajstić information content (AvgIpc) is 3.36. The second kappa shape index (κ2) is 7.74. The Morgan fingerprint density at radius 3 is 2.61 bits per heavy atom. The maximum atomic E-state index is 9.68. The molecule has 4 aromatic rings. The minimum atomic E-state index is 0.218. The van der Waals surface area contributed by atoms with Gasteiger partial charge in [0.2, 0.25) is 0 Å². The van der Waals surface area contributed by atoms with Gasteiger partial charge in [-0.3, -0.25) is 0 Å². The number of benzene rings is 2. The molecule has 142 valence electrons. The summed E-state index contributed by atoms with van der Waals surface area (Å²) >= 11 is 6.13. The number of tetrazole rings is 1. The van der Waals surface area contributed by atoms with E-state index < -0.39 is 0 Å². The van der Waals surface area contributed by atoms with Crippen LogP contribution in [-0.4, -0.2) is 37.4 Å². The van der Waals surface area contributed by atoms with Crippen LogP contribution in [0.5, 0.6) is 11.5 Å². The standard InChI is InChI=1S/C20H18ClN5O2/c1-28-19-12-13(21)2-9-17(19)18-10-5-15(6-11-20-22-24-25-23-20)26(18)14-3-7-16(27)8-4-14/h2-5,7-10,12,27H,6,11H2,1H3,(H,22,23,24,25). The Hall–Kier alpha value is -3.32. The molecular formula is C20H18ClN5O2. The van der Waals surface area contributed by atoms with E-state index in [2.05, 4.69) is 31.3 Å². The summed E-state index contributed by atoms with van der Waals surface area (Å²) in [6.07, 6.45) is 1.40. The van der Waals surface area contributed by atoms with Gasteiger partial charge in [0, 0.05) is 28.4 Å². The molecule has 0 amide bonds. The van der Waals surface area contributed by atoms with Gasteiger partial charge in [-0.15, -0.1) is 5.10 Å². The van der Waals surface area contributed by atoms with Gasteiger partial charge in [-0.1, -0.05) is 11.6 Å². The second-order valence-corrected chi connectivity index (χ2v) is 6.69. The Bertz CT molecular complexity index is 1070. The molecule has 8 heteroatoms. The Morgan fingerprint density at radius 1 is 1.07 bits per heavy atom. The summed E-state index contributed by atoms with van der Waals surface area (Å²) in [5.74, 6) is 1.64. The Morgan fingerprint density at radius 2 is 1.89 bits per heavy atom. The lowest BCUT2D eigenvalue weighted by Gasteiger charge is -2.16. The normalized spacial score (nSPS) is 10.9. The molecule has 2 N–H and O–H groups in total. The van der Waals surface area contributed by atoms with E-state index in [1.807, 2.05) is 30.3 Å². The van der Waals surface area contributed by atoms with Gasteiger partial charge in [0.25, 0.3) is 0 Å². The fraction of sp³-hybridized carbons (Fsp3) is 0.150. The van der Waals surface area contributed by atoms with Crippen molar-refractivity contribution in [3.05, 3.63) is 71.1 Å². The number of methoxy groups -OCH3 is 1. The zero-order valence-corrected chi connectivity index (χ0v) is 15.9. The van der Waals surface area contributed by atoms with Crippen molar-refractivity contribution in [1.29, 1.82) is 0 Å². The molecule has 0 bridgehead atoms. The number of phenols is 1. The zero-order valence-electron chi connectivity index (χ0n) is 15.1. The molecule has 0 aliphatic rings. The molecule has 28 heavy (non-hydrogen) atoms. The first-order valence-corrected chi connectivity index (χ1v) is 9.10. The number of aryl methyl sites for hydroxylation is 2. The molecule has 0 saturated carbocycles. The SMILES string of the molecule is COc1cc(Cl)ccc1-c1ccc(CCc2nnn[nH]2)n1-c1ccc(O)cc1. The maximum Gasteiger partial charge on any atom is 0.148 e. The fourth-order valence-electron chi connectivity index (χ4n) is 3.20. The van der Waals surface area contributed by atoms with Gasteiger partial charge in [0.1, 0.15) is 17.3 Å². The quantitative estimate of drug-likeness (QED) is 0.518. The van der Waals surface area contributed by atoms with E-state index in [0.29, 0.717) is 17.2 Å². The first kappa shape index (κ1) is 18.1. The monoisotopic (exact) mass is 395 g/mol. The molecule has 2 aromatic carbocycles. The summed E-state index contributed by atoms with van der Waals surface area (Å²) in [4.78, 5) is 0. The number of hydrogen-bond donors (Lipinski definition) is 2. The zero-order chi connectivity index (χ0) is 19.5. The average molecular weight is 396 g/mol. The number of halogens is 1. The van der Waals surface area contributed by atoms with E-state index in [1.54, 1.807) is 25.3 Å². The predicted molar refractivity (Wildman–Crippen MR) is 106 cm³/mol. The van der Waals surface area contributed by atoms with Crippen LogP contribution in [-0.2, 0) is 12.8 Å². The molecular weight excluding hydrogens is 378 g/mol. The van der Waals surface area contributed by atoms with Gasteiger partial charge in [-0.2, -0.15) is 0 Å². The Kier molecular flexibility index (Phi) is 4.99. The highest BCUT2D eigenvalue weighted by Gasteiger charge is 2.16.